The van der Waals surface area contributed by atoms with Crippen LogP contribution >= 0.6 is 0 Å². The minimum Gasteiger partial charge on any atom is -0.410 e. The third-order valence-corrected chi connectivity index (χ3v) is 1.77. The summed E-state index contributed by atoms with van der Waals surface area (Å²) < 4.78 is 38.2. The zero-order chi connectivity index (χ0) is 11.6. The van der Waals surface area contributed by atoms with E-state index in [2.05, 4.69) is 10.3 Å². The van der Waals surface area contributed by atoms with Gasteiger partial charge in [0, 0.05) is 17.8 Å². The molecule has 0 saturated carbocycles. The quantitative estimate of drug-likeness (QED) is 0.473. The first-order valence-electron chi connectivity index (χ1n) is 4.20. The summed E-state index contributed by atoms with van der Waals surface area (Å²) in [7, 11) is 0. The number of rotatable bonds is 2. The Morgan fingerprint density at radius 2 is 2.13 bits per heavy atom. The fraction of sp³-hybridized carbons (Fsp3) is 0.500. The minimum atomic E-state index is -4.68. The number of hydrogen-bond acceptors (Lipinski definition) is 3. The largest absolute Gasteiger partial charge is 0.437 e. The van der Waals surface area contributed by atoms with Crippen molar-refractivity contribution in [1.29, 1.82) is 0 Å². The Bertz CT molecular complexity index is 367. The highest BCUT2D eigenvalue weighted by Crippen LogP contribution is 2.22. The van der Waals surface area contributed by atoms with Crippen LogP contribution in [0.15, 0.2) is 17.5 Å². The Labute approximate surface area is 84.0 Å². The van der Waals surface area contributed by atoms with E-state index in [9.17, 15) is 13.2 Å². The van der Waals surface area contributed by atoms with Gasteiger partial charge in [0.15, 0.2) is 5.71 Å². The molecule has 1 N–H and O–H groups in total. The fourth-order valence-electron chi connectivity index (χ4n) is 1.02. The molecular weight excluding hydrogens is 211 g/mol. The van der Waals surface area contributed by atoms with Gasteiger partial charge in [0.25, 0.3) is 0 Å². The third-order valence-electron chi connectivity index (χ3n) is 1.77. The summed E-state index contributed by atoms with van der Waals surface area (Å²) in [5.74, 6) is 0. The number of oxime groups is 1. The number of alkyl halides is 3. The number of nitrogens with zero attached hydrogens (tertiary/aromatic N) is 3. The second kappa shape index (κ2) is 3.92. The molecule has 0 fully saturated rings. The van der Waals surface area contributed by atoms with E-state index in [1.165, 1.54) is 10.9 Å². The van der Waals surface area contributed by atoms with Gasteiger partial charge in [-0.05, 0) is 13.8 Å². The summed E-state index contributed by atoms with van der Waals surface area (Å²) in [6.45, 7) is 3.56. The van der Waals surface area contributed by atoms with Crippen LogP contribution in [0.25, 0.3) is 0 Å². The van der Waals surface area contributed by atoms with Crippen LogP contribution in [0.2, 0.25) is 0 Å². The molecule has 0 aliphatic carbocycles. The average molecular weight is 221 g/mol. The molecule has 1 heterocycles. The van der Waals surface area contributed by atoms with Gasteiger partial charge in [0.2, 0.25) is 0 Å². The van der Waals surface area contributed by atoms with Crippen molar-refractivity contribution in [3.05, 3.63) is 18.0 Å². The van der Waals surface area contributed by atoms with Gasteiger partial charge in [-0.25, -0.2) is 0 Å². The predicted octanol–water partition coefficient (Wildman–Crippen LogP) is 2.20. The van der Waals surface area contributed by atoms with E-state index >= 15 is 0 Å². The number of hydrogen-bond donors (Lipinski definition) is 1. The SMILES string of the molecule is CC(C)n1cc(/C(=N/O)C(F)(F)F)cn1. The highest BCUT2D eigenvalue weighted by atomic mass is 19.4. The summed E-state index contributed by atoms with van der Waals surface area (Å²) >= 11 is 0. The molecule has 7 heteroatoms. The number of aromatic nitrogens is 2. The average Bonchev–Trinajstić information content (AvgIpc) is 2.51. The van der Waals surface area contributed by atoms with Gasteiger partial charge in [0.1, 0.15) is 0 Å². The van der Waals surface area contributed by atoms with Gasteiger partial charge in [-0.3, -0.25) is 4.68 Å². The topological polar surface area (TPSA) is 50.4 Å². The summed E-state index contributed by atoms with van der Waals surface area (Å²) in [5.41, 5.74) is -1.59. The first-order valence-corrected chi connectivity index (χ1v) is 4.20. The summed E-state index contributed by atoms with van der Waals surface area (Å²) in [4.78, 5) is 0. The van der Waals surface area contributed by atoms with Crippen molar-refractivity contribution in [2.75, 3.05) is 0 Å². The smallest absolute Gasteiger partial charge is 0.410 e. The van der Waals surface area contributed by atoms with Crippen molar-refractivity contribution in [2.24, 2.45) is 5.16 Å². The lowest BCUT2D eigenvalue weighted by molar-refractivity contribution is -0.0601. The monoisotopic (exact) mass is 221 g/mol. The van der Waals surface area contributed by atoms with Gasteiger partial charge < -0.3 is 5.21 Å². The Morgan fingerprint density at radius 1 is 1.53 bits per heavy atom. The van der Waals surface area contributed by atoms with Crippen molar-refractivity contribution in [2.45, 2.75) is 26.1 Å². The standard InChI is InChI=1S/C8H10F3N3O/c1-5(2)14-4-6(3-12-14)7(13-15)8(9,10)11/h3-5,15H,1-2H3/b13-7-. The highest BCUT2D eigenvalue weighted by Gasteiger charge is 2.38. The Morgan fingerprint density at radius 3 is 2.47 bits per heavy atom. The zero-order valence-corrected chi connectivity index (χ0v) is 8.15. The normalized spacial score (nSPS) is 13.6. The van der Waals surface area contributed by atoms with Crippen molar-refractivity contribution >= 4 is 5.71 Å². The van der Waals surface area contributed by atoms with Crippen LogP contribution in [-0.4, -0.2) is 26.9 Å². The molecule has 0 spiro atoms. The molecule has 0 aliphatic rings. The minimum absolute atomic E-state index is 0.0491. The molecule has 15 heavy (non-hydrogen) atoms. The first kappa shape index (κ1) is 11.5. The van der Waals surface area contributed by atoms with Crippen LogP contribution in [0, 0.1) is 0 Å². The lowest BCUT2D eigenvalue weighted by Crippen LogP contribution is -2.23. The van der Waals surface area contributed by atoms with E-state index in [1.807, 2.05) is 0 Å². The van der Waals surface area contributed by atoms with Crippen LogP contribution in [0.1, 0.15) is 25.5 Å². The third kappa shape index (κ3) is 2.48. The second-order valence-electron chi connectivity index (χ2n) is 3.25. The summed E-state index contributed by atoms with van der Waals surface area (Å²) in [6, 6.07) is -0.0491. The fourth-order valence-corrected chi connectivity index (χ4v) is 1.02. The molecule has 1 aromatic rings. The van der Waals surface area contributed by atoms with E-state index in [1.54, 1.807) is 13.8 Å². The Balaban J connectivity index is 3.05. The maximum absolute atomic E-state index is 12.3. The van der Waals surface area contributed by atoms with Crippen LogP contribution < -0.4 is 0 Å². The molecule has 0 atom stereocenters. The summed E-state index contributed by atoms with van der Waals surface area (Å²) in [6.07, 6.45) is -2.48. The van der Waals surface area contributed by atoms with Crippen LogP contribution in [-0.2, 0) is 0 Å². The summed E-state index contributed by atoms with van der Waals surface area (Å²) in [5, 5.41) is 14.3. The van der Waals surface area contributed by atoms with Crippen LogP contribution in [0.3, 0.4) is 0 Å². The molecule has 0 aromatic carbocycles. The lowest BCUT2D eigenvalue weighted by Gasteiger charge is -2.06. The van der Waals surface area contributed by atoms with Crippen molar-refractivity contribution in [1.82, 2.24) is 9.78 Å². The van der Waals surface area contributed by atoms with Gasteiger partial charge in [0.05, 0.1) is 6.20 Å². The van der Waals surface area contributed by atoms with Gasteiger partial charge in [-0.2, -0.15) is 18.3 Å². The maximum Gasteiger partial charge on any atom is 0.437 e. The van der Waals surface area contributed by atoms with Gasteiger partial charge in [-0.1, -0.05) is 5.16 Å². The van der Waals surface area contributed by atoms with E-state index in [0.717, 1.165) is 6.20 Å². The van der Waals surface area contributed by atoms with Crippen LogP contribution in [0.4, 0.5) is 13.2 Å². The molecule has 84 valence electrons. The molecule has 1 rings (SSSR count). The maximum atomic E-state index is 12.3. The van der Waals surface area contributed by atoms with Gasteiger partial charge >= 0.3 is 6.18 Å². The molecule has 1 aromatic heterocycles. The molecule has 0 saturated heterocycles. The zero-order valence-electron chi connectivity index (χ0n) is 8.15. The van der Waals surface area contributed by atoms with Crippen molar-refractivity contribution in [3.8, 4) is 0 Å². The lowest BCUT2D eigenvalue weighted by atomic mass is 10.2. The van der Waals surface area contributed by atoms with E-state index in [4.69, 9.17) is 5.21 Å². The Kier molecular flexibility index (Phi) is 3.01. The van der Waals surface area contributed by atoms with E-state index < -0.39 is 11.9 Å². The molecule has 0 radical (unpaired) electrons. The number of halogens is 3. The van der Waals surface area contributed by atoms with Crippen molar-refractivity contribution < 1.29 is 18.4 Å². The molecule has 0 amide bonds. The molecule has 0 bridgehead atoms. The second-order valence-corrected chi connectivity index (χ2v) is 3.25. The Hall–Kier alpha value is -1.53. The molecule has 0 unspecified atom stereocenters. The predicted molar refractivity (Wildman–Crippen MR) is 47.0 cm³/mol. The van der Waals surface area contributed by atoms with Crippen LogP contribution in [0.5, 0.6) is 0 Å². The highest BCUT2D eigenvalue weighted by molar-refractivity contribution is 6.03. The molecule has 4 nitrogen and oxygen atoms in total. The molecule has 0 aliphatic heterocycles. The van der Waals surface area contributed by atoms with E-state index in [0.29, 0.717) is 0 Å². The molecular formula is C8H10F3N3O. The van der Waals surface area contributed by atoms with E-state index in [-0.39, 0.29) is 11.6 Å². The van der Waals surface area contributed by atoms with Gasteiger partial charge in [-0.15, -0.1) is 0 Å². The van der Waals surface area contributed by atoms with Crippen molar-refractivity contribution in [3.63, 3.8) is 0 Å². The first-order chi connectivity index (χ1) is 6.86.